The maximum absolute atomic E-state index is 13.8. The lowest BCUT2D eigenvalue weighted by Gasteiger charge is -2.48. The van der Waals surface area contributed by atoms with E-state index in [-0.39, 0.29) is 24.4 Å². The third-order valence-corrected chi connectivity index (χ3v) is 9.59. The summed E-state index contributed by atoms with van der Waals surface area (Å²) in [4.78, 5) is 13.8. The van der Waals surface area contributed by atoms with Crippen LogP contribution in [-0.4, -0.2) is 43.3 Å². The van der Waals surface area contributed by atoms with Crippen LogP contribution < -0.4 is 0 Å². The number of carbonyl (C=O) groups is 1. The van der Waals surface area contributed by atoms with Crippen LogP contribution in [0.25, 0.3) is 0 Å². The summed E-state index contributed by atoms with van der Waals surface area (Å²) in [5, 5.41) is 0. The number of carbonyl (C=O) groups excluding carboxylic acids is 1. The molecule has 0 aromatic heterocycles. The van der Waals surface area contributed by atoms with E-state index in [1.807, 2.05) is 85.8 Å². The molecule has 2 fully saturated rings. The molecule has 0 saturated carbocycles. The Labute approximate surface area is 293 Å². The third-order valence-electron chi connectivity index (χ3n) is 9.59. The van der Waals surface area contributed by atoms with Crippen LogP contribution in [0.4, 0.5) is 0 Å². The molecule has 2 aliphatic rings. The van der Waals surface area contributed by atoms with Crippen molar-refractivity contribution in [3.63, 3.8) is 0 Å². The fraction of sp³-hybridized carbons (Fsp3) is 0.548. The van der Waals surface area contributed by atoms with Gasteiger partial charge in [-0.3, -0.25) is 4.79 Å². The van der Waals surface area contributed by atoms with E-state index in [4.69, 9.17) is 28.4 Å². The molecule has 5 rings (SSSR count). The van der Waals surface area contributed by atoms with Crippen LogP contribution in [0.5, 0.6) is 0 Å². The molecule has 0 bridgehead atoms. The topological polar surface area (TPSA) is 72.5 Å². The maximum Gasteiger partial charge on any atom is 0.308 e. The molecule has 2 saturated heterocycles. The van der Waals surface area contributed by atoms with E-state index in [1.165, 1.54) is 44.9 Å². The lowest BCUT2D eigenvalue weighted by Crippen LogP contribution is -2.60. The number of esters is 1. The average molecular weight is 673 g/mol. The van der Waals surface area contributed by atoms with Gasteiger partial charge in [-0.15, -0.1) is 0 Å². The molecular weight excluding hydrogens is 616 g/mol. The Morgan fingerprint density at radius 1 is 0.755 bits per heavy atom. The van der Waals surface area contributed by atoms with Gasteiger partial charge >= 0.3 is 5.97 Å². The van der Waals surface area contributed by atoms with Crippen molar-refractivity contribution in [3.8, 4) is 0 Å². The van der Waals surface area contributed by atoms with Gasteiger partial charge < -0.3 is 28.4 Å². The fourth-order valence-electron chi connectivity index (χ4n) is 6.71. The van der Waals surface area contributed by atoms with Gasteiger partial charge in [-0.05, 0) is 17.5 Å². The smallest absolute Gasteiger partial charge is 0.308 e. The summed E-state index contributed by atoms with van der Waals surface area (Å²) in [6, 6.07) is 30.0. The highest BCUT2D eigenvalue weighted by Crippen LogP contribution is 2.38. The zero-order chi connectivity index (χ0) is 34.1. The number of benzene rings is 3. The first-order valence-corrected chi connectivity index (χ1v) is 18.6. The van der Waals surface area contributed by atoms with E-state index >= 15 is 0 Å². The molecule has 4 unspecified atom stereocenters. The zero-order valence-electron chi connectivity index (χ0n) is 29.5. The van der Waals surface area contributed by atoms with Gasteiger partial charge in [0.15, 0.2) is 12.6 Å². The standard InChI is InChI=1S/C42H56O7/c1-3-4-5-6-7-8-9-10-20-27-36(44-29-33-21-14-11-15-22-33)28-38(43)48-39-32(2)41(45-30-34-23-16-12-17-24-34)47-37-31-46-42(49-40(37)39)35-25-18-13-19-26-35/h11-19,21-26,32,36-37,39-42H,3-10,20,27-31H2,1-2H3/t32?,36-,37?,39?,40-,41+,42?/m1/s1. The molecule has 7 nitrogen and oxygen atoms in total. The number of fused-ring (bicyclic) bond motifs is 1. The van der Waals surface area contributed by atoms with Crippen molar-refractivity contribution >= 4 is 5.97 Å². The van der Waals surface area contributed by atoms with E-state index in [1.54, 1.807) is 0 Å². The number of rotatable bonds is 20. The van der Waals surface area contributed by atoms with Gasteiger partial charge in [0.1, 0.15) is 18.3 Å². The highest BCUT2D eigenvalue weighted by atomic mass is 16.8. The van der Waals surface area contributed by atoms with Crippen LogP contribution in [0.2, 0.25) is 0 Å². The van der Waals surface area contributed by atoms with E-state index in [0.29, 0.717) is 19.8 Å². The summed E-state index contributed by atoms with van der Waals surface area (Å²) in [7, 11) is 0. The molecule has 49 heavy (non-hydrogen) atoms. The van der Waals surface area contributed by atoms with Gasteiger partial charge in [0.25, 0.3) is 0 Å². The summed E-state index contributed by atoms with van der Waals surface area (Å²) in [6.45, 7) is 5.41. The van der Waals surface area contributed by atoms with Crippen LogP contribution in [-0.2, 0) is 46.4 Å². The maximum atomic E-state index is 13.8. The van der Waals surface area contributed by atoms with Gasteiger partial charge in [-0.2, -0.15) is 0 Å². The Hall–Kier alpha value is -3.07. The lowest BCUT2D eigenvalue weighted by atomic mass is 9.91. The third kappa shape index (κ3) is 12.0. The molecular formula is C42H56O7. The minimum absolute atomic E-state index is 0.180. The summed E-state index contributed by atoms with van der Waals surface area (Å²) in [6.07, 6.45) is 9.31. The van der Waals surface area contributed by atoms with E-state index < -0.39 is 30.9 Å². The first-order valence-electron chi connectivity index (χ1n) is 18.6. The zero-order valence-corrected chi connectivity index (χ0v) is 29.5. The van der Waals surface area contributed by atoms with Gasteiger partial charge in [-0.25, -0.2) is 0 Å². The Balaban J connectivity index is 1.22. The Morgan fingerprint density at radius 2 is 1.35 bits per heavy atom. The number of hydrogen-bond acceptors (Lipinski definition) is 7. The monoisotopic (exact) mass is 672 g/mol. The second-order valence-corrected chi connectivity index (χ2v) is 13.6. The van der Waals surface area contributed by atoms with Gasteiger partial charge in [0.05, 0.1) is 32.3 Å². The normalized spacial score (nSPS) is 24.2. The van der Waals surface area contributed by atoms with E-state index in [9.17, 15) is 4.79 Å². The molecule has 7 heteroatoms. The molecule has 3 aromatic rings. The van der Waals surface area contributed by atoms with Crippen molar-refractivity contribution < 1.29 is 33.2 Å². The molecule has 0 spiro atoms. The number of ether oxygens (including phenoxy) is 6. The summed E-state index contributed by atoms with van der Waals surface area (Å²) in [5.41, 5.74) is 3.05. The minimum atomic E-state index is -0.591. The predicted molar refractivity (Wildman–Crippen MR) is 190 cm³/mol. The first-order chi connectivity index (χ1) is 24.1. The second kappa shape index (κ2) is 20.6. The Bertz CT molecular complexity index is 1320. The molecule has 0 N–H and O–H groups in total. The van der Waals surface area contributed by atoms with Crippen LogP contribution in [0.3, 0.4) is 0 Å². The SMILES string of the molecule is CCCCCCCCCCC[C@H](CC(=O)OC1C(C)[C@@H](OCc2ccccc2)OC2COC(c3ccccc3)O[C@H]21)OCc1ccccc1. The van der Waals surface area contributed by atoms with Crippen LogP contribution in [0.1, 0.15) is 107 Å². The molecule has 7 atom stereocenters. The number of hydrogen-bond donors (Lipinski definition) is 0. The minimum Gasteiger partial charge on any atom is -0.459 e. The summed E-state index contributed by atoms with van der Waals surface area (Å²) < 4.78 is 38.0. The lowest BCUT2D eigenvalue weighted by molar-refractivity contribution is -0.354. The van der Waals surface area contributed by atoms with Gasteiger partial charge in [0, 0.05) is 11.5 Å². The highest BCUT2D eigenvalue weighted by Gasteiger charge is 2.50. The average Bonchev–Trinajstić information content (AvgIpc) is 3.14. The highest BCUT2D eigenvalue weighted by molar-refractivity contribution is 5.70. The quantitative estimate of drug-likeness (QED) is 0.0875. The summed E-state index contributed by atoms with van der Waals surface area (Å²) in [5.74, 6) is -0.566. The van der Waals surface area contributed by atoms with Crippen LogP contribution in [0, 0.1) is 5.92 Å². The van der Waals surface area contributed by atoms with Crippen LogP contribution in [0.15, 0.2) is 91.0 Å². The second-order valence-electron chi connectivity index (χ2n) is 13.6. The van der Waals surface area contributed by atoms with Crippen molar-refractivity contribution in [2.24, 2.45) is 5.92 Å². The predicted octanol–water partition coefficient (Wildman–Crippen LogP) is 9.49. The Morgan fingerprint density at radius 3 is 2.00 bits per heavy atom. The molecule has 3 aromatic carbocycles. The molecule has 0 aliphatic carbocycles. The van der Waals surface area contributed by atoms with Crippen molar-refractivity contribution in [1.82, 2.24) is 0 Å². The number of unbranched alkanes of at least 4 members (excludes halogenated alkanes) is 8. The fourth-order valence-corrected chi connectivity index (χ4v) is 6.71. The molecule has 2 aliphatic heterocycles. The summed E-state index contributed by atoms with van der Waals surface area (Å²) >= 11 is 0. The van der Waals surface area contributed by atoms with Gasteiger partial charge in [0.2, 0.25) is 0 Å². The van der Waals surface area contributed by atoms with Crippen LogP contribution >= 0.6 is 0 Å². The molecule has 266 valence electrons. The molecule has 2 heterocycles. The van der Waals surface area contributed by atoms with Gasteiger partial charge in [-0.1, -0.05) is 163 Å². The first kappa shape index (κ1) is 37.2. The van der Waals surface area contributed by atoms with Crippen molar-refractivity contribution in [3.05, 3.63) is 108 Å². The molecule has 0 amide bonds. The molecule has 0 radical (unpaired) electrons. The Kier molecular flexibility index (Phi) is 15.6. The van der Waals surface area contributed by atoms with Crippen molar-refractivity contribution in [2.45, 2.75) is 135 Å². The largest absolute Gasteiger partial charge is 0.459 e. The van der Waals surface area contributed by atoms with Crippen molar-refractivity contribution in [1.29, 1.82) is 0 Å². The van der Waals surface area contributed by atoms with Crippen molar-refractivity contribution in [2.75, 3.05) is 6.61 Å². The van der Waals surface area contributed by atoms with E-state index in [2.05, 4.69) is 19.1 Å². The van der Waals surface area contributed by atoms with E-state index in [0.717, 1.165) is 36.0 Å².